The minimum absolute atomic E-state index is 0.0780. The minimum atomic E-state index is -0.0919. The maximum Gasteiger partial charge on any atom is 0.0315 e. The summed E-state index contributed by atoms with van der Waals surface area (Å²) in [6.07, 6.45) is 19.2. The minimum Gasteiger partial charge on any atom is -0.0911 e. The SMILES string of the molecule is C=C1C=CC2=C3C=C(C(C)(C)C)C=C4C=CC5=CC(C(C)(C)C)=CC(=C12)[C@@]5(C)[C@@]43C. The van der Waals surface area contributed by atoms with Gasteiger partial charge in [-0.05, 0) is 61.0 Å². The Bertz CT molecular complexity index is 1160. The second-order valence-electron chi connectivity index (χ2n) is 12.0. The summed E-state index contributed by atoms with van der Waals surface area (Å²) < 4.78 is 0. The monoisotopic (exact) mass is 394 g/mol. The molecular weight excluding hydrogens is 360 g/mol. The molecule has 0 amide bonds. The quantitative estimate of drug-likeness (QED) is 0.389. The van der Waals surface area contributed by atoms with Crippen LogP contribution in [-0.2, 0) is 0 Å². The fourth-order valence-corrected chi connectivity index (χ4v) is 5.94. The van der Waals surface area contributed by atoms with Gasteiger partial charge in [-0.3, -0.25) is 0 Å². The molecule has 0 unspecified atom stereocenters. The predicted molar refractivity (Wildman–Crippen MR) is 129 cm³/mol. The van der Waals surface area contributed by atoms with Crippen LogP contribution in [0, 0.1) is 21.7 Å². The van der Waals surface area contributed by atoms with Crippen LogP contribution in [0.2, 0.25) is 0 Å². The number of allylic oxidation sites excluding steroid dienone is 17. The number of hydrogen-bond donors (Lipinski definition) is 0. The van der Waals surface area contributed by atoms with Crippen molar-refractivity contribution in [2.24, 2.45) is 21.7 Å². The Labute approximate surface area is 182 Å². The second-order valence-corrected chi connectivity index (χ2v) is 12.0. The predicted octanol–water partition coefficient (Wildman–Crippen LogP) is 8.13. The average Bonchev–Trinajstić information content (AvgIpc) is 3.00. The van der Waals surface area contributed by atoms with Gasteiger partial charge < -0.3 is 0 Å². The number of hydrogen-bond acceptors (Lipinski definition) is 0. The molecule has 0 spiro atoms. The van der Waals surface area contributed by atoms with E-state index < -0.39 is 0 Å². The summed E-state index contributed by atoms with van der Waals surface area (Å²) in [6.45, 7) is 23.3. The second kappa shape index (κ2) is 5.47. The first-order chi connectivity index (χ1) is 13.8. The highest BCUT2D eigenvalue weighted by Gasteiger charge is 2.59. The van der Waals surface area contributed by atoms with Crippen LogP contribution in [0.1, 0.15) is 55.4 Å². The van der Waals surface area contributed by atoms with Crippen LogP contribution in [0.25, 0.3) is 0 Å². The molecule has 30 heavy (non-hydrogen) atoms. The molecule has 5 aliphatic carbocycles. The first-order valence-electron chi connectivity index (χ1n) is 11.2. The van der Waals surface area contributed by atoms with Crippen molar-refractivity contribution in [2.75, 3.05) is 0 Å². The zero-order chi connectivity index (χ0) is 21.9. The van der Waals surface area contributed by atoms with Crippen LogP contribution in [0.4, 0.5) is 0 Å². The highest BCUT2D eigenvalue weighted by atomic mass is 14.6. The molecule has 0 aromatic rings. The molecule has 0 bridgehead atoms. The fraction of sp³-hybridized carbons (Fsp3) is 0.400. The summed E-state index contributed by atoms with van der Waals surface area (Å²) in [4.78, 5) is 0. The van der Waals surface area contributed by atoms with Gasteiger partial charge in [0.1, 0.15) is 0 Å². The van der Waals surface area contributed by atoms with Gasteiger partial charge in [-0.2, -0.15) is 0 Å². The average molecular weight is 395 g/mol. The van der Waals surface area contributed by atoms with Gasteiger partial charge in [0, 0.05) is 10.8 Å². The van der Waals surface area contributed by atoms with Crippen molar-refractivity contribution in [1.82, 2.24) is 0 Å². The lowest BCUT2D eigenvalue weighted by atomic mass is 9.44. The Morgan fingerprint density at radius 3 is 1.60 bits per heavy atom. The molecule has 0 fully saturated rings. The largest absolute Gasteiger partial charge is 0.0911 e. The Kier molecular flexibility index (Phi) is 3.57. The standard InChI is InChI=1S/C30H34/c1-18-10-13-23-24-16-21(27(2,3)4)14-19-11-12-20-15-22(28(5,6)7)17-25(26(18)23)30(20,9)29(19,24)8/h10-17H,1H2,2-9H3/t29-,30-/m0/s1. The number of fused-ring (bicyclic) bond motifs is 1. The van der Waals surface area contributed by atoms with Crippen molar-refractivity contribution < 1.29 is 0 Å². The Morgan fingerprint density at radius 2 is 1.10 bits per heavy atom. The van der Waals surface area contributed by atoms with E-state index in [0.29, 0.717) is 0 Å². The molecule has 154 valence electrons. The maximum atomic E-state index is 4.46. The van der Waals surface area contributed by atoms with Crippen LogP contribution >= 0.6 is 0 Å². The molecule has 0 N–H and O–H groups in total. The third-order valence-electron chi connectivity index (χ3n) is 8.23. The van der Waals surface area contributed by atoms with Crippen LogP contribution in [-0.4, -0.2) is 0 Å². The van der Waals surface area contributed by atoms with Gasteiger partial charge in [0.15, 0.2) is 0 Å². The normalized spacial score (nSPS) is 31.9. The molecule has 0 saturated carbocycles. The van der Waals surface area contributed by atoms with E-state index in [0.717, 1.165) is 5.57 Å². The molecule has 0 aromatic heterocycles. The zero-order valence-electron chi connectivity index (χ0n) is 19.8. The van der Waals surface area contributed by atoms with E-state index in [-0.39, 0.29) is 21.7 Å². The van der Waals surface area contributed by atoms with E-state index in [2.05, 4.69) is 111 Å². The third-order valence-corrected chi connectivity index (χ3v) is 8.23. The maximum absolute atomic E-state index is 4.46. The van der Waals surface area contributed by atoms with E-state index in [4.69, 9.17) is 0 Å². The molecule has 5 aliphatic rings. The van der Waals surface area contributed by atoms with E-state index in [1.807, 2.05) is 0 Å². The molecule has 0 aliphatic heterocycles. The van der Waals surface area contributed by atoms with Crippen molar-refractivity contribution in [3.63, 3.8) is 0 Å². The molecule has 0 heteroatoms. The Balaban J connectivity index is 1.94. The van der Waals surface area contributed by atoms with Crippen LogP contribution < -0.4 is 0 Å². The van der Waals surface area contributed by atoms with Crippen LogP contribution in [0.15, 0.2) is 105 Å². The highest BCUT2D eigenvalue weighted by molar-refractivity contribution is 5.79. The summed E-state index contributed by atoms with van der Waals surface area (Å²) in [5, 5.41) is 0. The molecule has 0 aromatic carbocycles. The summed E-state index contributed by atoms with van der Waals surface area (Å²) in [7, 11) is 0. The highest BCUT2D eigenvalue weighted by Crippen LogP contribution is 2.69. The molecule has 0 saturated heterocycles. The van der Waals surface area contributed by atoms with Gasteiger partial charge in [0.25, 0.3) is 0 Å². The Hall–Kier alpha value is -2.34. The van der Waals surface area contributed by atoms with E-state index in [9.17, 15) is 0 Å². The molecular formula is C30H34. The molecule has 2 atom stereocenters. The van der Waals surface area contributed by atoms with Crippen molar-refractivity contribution in [2.45, 2.75) is 55.4 Å². The lowest BCUT2D eigenvalue weighted by molar-refractivity contribution is 0.242. The first-order valence-corrected chi connectivity index (χ1v) is 11.2. The van der Waals surface area contributed by atoms with E-state index >= 15 is 0 Å². The summed E-state index contributed by atoms with van der Waals surface area (Å²) >= 11 is 0. The topological polar surface area (TPSA) is 0 Å². The summed E-state index contributed by atoms with van der Waals surface area (Å²) in [6, 6.07) is 0. The van der Waals surface area contributed by atoms with E-state index in [1.165, 1.54) is 44.6 Å². The van der Waals surface area contributed by atoms with Gasteiger partial charge in [-0.25, -0.2) is 0 Å². The van der Waals surface area contributed by atoms with Gasteiger partial charge in [0.05, 0.1) is 0 Å². The van der Waals surface area contributed by atoms with Gasteiger partial charge in [-0.1, -0.05) is 111 Å². The lowest BCUT2D eigenvalue weighted by Crippen LogP contribution is -2.49. The van der Waals surface area contributed by atoms with Crippen molar-refractivity contribution in [1.29, 1.82) is 0 Å². The van der Waals surface area contributed by atoms with E-state index in [1.54, 1.807) is 0 Å². The molecule has 0 nitrogen and oxygen atoms in total. The van der Waals surface area contributed by atoms with Crippen molar-refractivity contribution in [3.05, 3.63) is 105 Å². The summed E-state index contributed by atoms with van der Waals surface area (Å²) in [5.41, 5.74) is 12.5. The number of rotatable bonds is 0. The van der Waals surface area contributed by atoms with Crippen LogP contribution in [0.5, 0.6) is 0 Å². The lowest BCUT2D eigenvalue weighted by Gasteiger charge is -2.58. The van der Waals surface area contributed by atoms with Crippen molar-refractivity contribution in [3.8, 4) is 0 Å². The molecule has 5 rings (SSSR count). The van der Waals surface area contributed by atoms with Gasteiger partial charge in [0.2, 0.25) is 0 Å². The smallest absolute Gasteiger partial charge is 0.0315 e. The first kappa shape index (κ1) is 19.6. The molecule has 0 heterocycles. The fourth-order valence-electron chi connectivity index (χ4n) is 5.94. The third kappa shape index (κ3) is 2.18. The Morgan fingerprint density at radius 1 is 0.633 bits per heavy atom. The van der Waals surface area contributed by atoms with Crippen molar-refractivity contribution >= 4 is 0 Å². The van der Waals surface area contributed by atoms with Gasteiger partial charge in [-0.15, -0.1) is 0 Å². The molecule has 0 radical (unpaired) electrons. The zero-order valence-corrected chi connectivity index (χ0v) is 19.8. The van der Waals surface area contributed by atoms with Gasteiger partial charge >= 0.3 is 0 Å². The van der Waals surface area contributed by atoms with Crippen LogP contribution in [0.3, 0.4) is 0 Å². The summed E-state index contributed by atoms with van der Waals surface area (Å²) in [5.74, 6) is 0.